The minimum absolute atomic E-state index is 0.0601. The first kappa shape index (κ1) is 13.5. The largest absolute Gasteiger partial charge is 0.508 e. The first-order valence-corrected chi connectivity index (χ1v) is 5.73. The lowest BCUT2D eigenvalue weighted by molar-refractivity contribution is -0.134. The highest BCUT2D eigenvalue weighted by atomic mass is 16.3. The average molecular weight is 272 g/mol. The van der Waals surface area contributed by atoms with Gasteiger partial charge >= 0.3 is 11.8 Å². The van der Waals surface area contributed by atoms with Crippen molar-refractivity contribution < 1.29 is 14.7 Å². The van der Waals surface area contributed by atoms with Gasteiger partial charge in [-0.2, -0.15) is 0 Å². The maximum atomic E-state index is 11.9. The summed E-state index contributed by atoms with van der Waals surface area (Å²) in [6, 6.07) is 7.51. The van der Waals surface area contributed by atoms with Gasteiger partial charge in [0, 0.05) is 25.1 Å². The number of carbonyl (C=O) groups excluding carboxylic acids is 2. The predicted molar refractivity (Wildman–Crippen MR) is 72.2 cm³/mol. The van der Waals surface area contributed by atoms with E-state index in [1.54, 1.807) is 6.07 Å². The highest BCUT2D eigenvalue weighted by Gasteiger charge is 2.20. The summed E-state index contributed by atoms with van der Waals surface area (Å²) in [5.41, 5.74) is 0.483. The van der Waals surface area contributed by atoms with Gasteiger partial charge in [0.25, 0.3) is 0 Å². The number of rotatable bonds is 2. The highest BCUT2D eigenvalue weighted by molar-refractivity contribution is 6.44. The van der Waals surface area contributed by atoms with Crippen LogP contribution in [0.15, 0.2) is 42.7 Å². The van der Waals surface area contributed by atoms with Gasteiger partial charge in [0.15, 0.2) is 0 Å². The smallest absolute Gasteiger partial charge is 0.316 e. The maximum absolute atomic E-state index is 11.9. The monoisotopic (exact) mass is 272 g/mol. The van der Waals surface area contributed by atoms with E-state index in [0.717, 1.165) is 4.90 Å². The highest BCUT2D eigenvalue weighted by Crippen LogP contribution is 2.17. The molecule has 0 spiro atoms. The fourth-order valence-corrected chi connectivity index (χ4v) is 1.46. The second-order valence-corrected chi connectivity index (χ2v) is 3.91. The number of nitrogens with zero attached hydrogens (tertiary/aromatic N) is 3. The number of phenolic OH excluding ortho intramolecular Hbond substituents is 1. The zero-order chi connectivity index (χ0) is 14.5. The van der Waals surface area contributed by atoms with Crippen LogP contribution < -0.4 is 10.2 Å². The molecular weight excluding hydrogens is 260 g/mol. The predicted octanol–water partition coefficient (Wildman–Crippen LogP) is 0.784. The van der Waals surface area contributed by atoms with Gasteiger partial charge in [0.05, 0.1) is 0 Å². The van der Waals surface area contributed by atoms with Crippen LogP contribution in [0, 0.1) is 0 Å². The number of hydrogen-bond acceptors (Lipinski definition) is 5. The Kier molecular flexibility index (Phi) is 3.90. The van der Waals surface area contributed by atoms with Crippen LogP contribution in [0.4, 0.5) is 11.6 Å². The van der Waals surface area contributed by atoms with E-state index in [-0.39, 0.29) is 11.7 Å². The number of hydrogen-bond donors (Lipinski definition) is 2. The van der Waals surface area contributed by atoms with Gasteiger partial charge < -0.3 is 10.0 Å². The summed E-state index contributed by atoms with van der Waals surface area (Å²) in [4.78, 5) is 32.5. The summed E-state index contributed by atoms with van der Waals surface area (Å²) in [5.74, 6) is -1.46. The fourth-order valence-electron chi connectivity index (χ4n) is 1.46. The molecule has 0 saturated heterocycles. The molecule has 0 atom stereocenters. The summed E-state index contributed by atoms with van der Waals surface area (Å²) in [7, 11) is 1.46. The molecule has 2 N–H and O–H groups in total. The number of aromatic hydroxyl groups is 1. The molecule has 7 nitrogen and oxygen atoms in total. The lowest BCUT2D eigenvalue weighted by Gasteiger charge is -2.16. The van der Waals surface area contributed by atoms with Crippen molar-refractivity contribution in [3.63, 3.8) is 0 Å². The molecule has 1 aromatic heterocycles. The maximum Gasteiger partial charge on any atom is 0.316 e. The summed E-state index contributed by atoms with van der Waals surface area (Å²) < 4.78 is 0. The van der Waals surface area contributed by atoms with Gasteiger partial charge in [0.2, 0.25) is 5.95 Å². The molecule has 7 heteroatoms. The van der Waals surface area contributed by atoms with Crippen molar-refractivity contribution in [1.29, 1.82) is 0 Å². The van der Waals surface area contributed by atoms with E-state index in [2.05, 4.69) is 15.3 Å². The van der Waals surface area contributed by atoms with Gasteiger partial charge in [-0.25, -0.2) is 9.97 Å². The third-order valence-electron chi connectivity index (χ3n) is 2.53. The van der Waals surface area contributed by atoms with Crippen molar-refractivity contribution in [3.05, 3.63) is 42.7 Å². The van der Waals surface area contributed by atoms with Crippen molar-refractivity contribution in [3.8, 4) is 5.75 Å². The summed E-state index contributed by atoms with van der Waals surface area (Å²) in [6.07, 6.45) is 2.91. The van der Waals surface area contributed by atoms with Gasteiger partial charge in [-0.3, -0.25) is 14.9 Å². The number of amides is 2. The van der Waals surface area contributed by atoms with Crippen molar-refractivity contribution in [2.75, 3.05) is 17.3 Å². The lowest BCUT2D eigenvalue weighted by Crippen LogP contribution is -2.37. The number of likely N-dealkylation sites (N-methyl/N-ethyl adjacent to an activating group) is 1. The average Bonchev–Trinajstić information content (AvgIpc) is 2.47. The Morgan fingerprint density at radius 2 is 1.75 bits per heavy atom. The molecule has 2 rings (SSSR count). The molecule has 0 fully saturated rings. The van der Waals surface area contributed by atoms with Crippen molar-refractivity contribution in [1.82, 2.24) is 9.97 Å². The molecule has 2 aromatic rings. The van der Waals surface area contributed by atoms with Crippen LogP contribution in [0.5, 0.6) is 5.75 Å². The Balaban J connectivity index is 2.06. The molecule has 0 saturated carbocycles. The lowest BCUT2D eigenvalue weighted by atomic mass is 10.3. The van der Waals surface area contributed by atoms with Crippen molar-refractivity contribution >= 4 is 23.5 Å². The van der Waals surface area contributed by atoms with E-state index in [0.29, 0.717) is 5.69 Å². The second kappa shape index (κ2) is 5.79. The first-order chi connectivity index (χ1) is 9.58. The van der Waals surface area contributed by atoms with Crippen LogP contribution in [0.25, 0.3) is 0 Å². The van der Waals surface area contributed by atoms with Crippen LogP contribution in [-0.2, 0) is 9.59 Å². The van der Waals surface area contributed by atoms with Crippen LogP contribution >= 0.6 is 0 Å². The van der Waals surface area contributed by atoms with Gasteiger partial charge in [-0.1, -0.05) is 0 Å². The Bertz CT molecular complexity index is 613. The van der Waals surface area contributed by atoms with E-state index in [4.69, 9.17) is 0 Å². The molecule has 0 aliphatic rings. The summed E-state index contributed by atoms with van der Waals surface area (Å²) >= 11 is 0. The topological polar surface area (TPSA) is 95.4 Å². The number of aromatic nitrogens is 2. The Hall–Kier alpha value is -2.96. The molecule has 1 aromatic carbocycles. The third kappa shape index (κ3) is 3.08. The molecule has 20 heavy (non-hydrogen) atoms. The van der Waals surface area contributed by atoms with E-state index >= 15 is 0 Å². The SMILES string of the molecule is CN(C(=O)C(=O)Nc1ncccn1)c1ccc(O)cc1. The molecule has 2 amide bonds. The number of anilines is 2. The van der Waals surface area contributed by atoms with E-state index in [1.807, 2.05) is 0 Å². The Morgan fingerprint density at radius 1 is 1.15 bits per heavy atom. The van der Waals surface area contributed by atoms with Gasteiger partial charge in [-0.05, 0) is 30.3 Å². The summed E-state index contributed by atoms with van der Waals surface area (Å²) in [5, 5.41) is 11.5. The third-order valence-corrected chi connectivity index (χ3v) is 2.53. The molecule has 0 aliphatic heterocycles. The molecule has 0 unspecified atom stereocenters. The molecule has 0 bridgehead atoms. The number of phenols is 1. The van der Waals surface area contributed by atoms with Crippen LogP contribution in [-0.4, -0.2) is 33.9 Å². The normalized spacial score (nSPS) is 9.85. The second-order valence-electron chi connectivity index (χ2n) is 3.91. The molecule has 0 aliphatic carbocycles. The minimum atomic E-state index is -0.841. The Morgan fingerprint density at radius 3 is 2.35 bits per heavy atom. The number of carbonyl (C=O) groups is 2. The zero-order valence-corrected chi connectivity index (χ0v) is 10.6. The number of nitrogens with one attached hydrogen (secondary N) is 1. The van der Waals surface area contributed by atoms with Crippen LogP contribution in [0.1, 0.15) is 0 Å². The molecule has 0 radical (unpaired) electrons. The van der Waals surface area contributed by atoms with Crippen molar-refractivity contribution in [2.24, 2.45) is 0 Å². The van der Waals surface area contributed by atoms with Crippen LogP contribution in [0.2, 0.25) is 0 Å². The standard InChI is InChI=1S/C13H12N4O3/c1-17(9-3-5-10(18)6-4-9)12(20)11(19)16-13-14-7-2-8-15-13/h2-8,18H,1H3,(H,14,15,16,19). The van der Waals surface area contributed by atoms with E-state index in [1.165, 1.54) is 43.7 Å². The van der Waals surface area contributed by atoms with E-state index in [9.17, 15) is 14.7 Å². The Labute approximate surface area is 114 Å². The number of benzene rings is 1. The molecule has 1 heterocycles. The first-order valence-electron chi connectivity index (χ1n) is 5.73. The fraction of sp³-hybridized carbons (Fsp3) is 0.0769. The molecule has 102 valence electrons. The minimum Gasteiger partial charge on any atom is -0.508 e. The van der Waals surface area contributed by atoms with E-state index < -0.39 is 11.8 Å². The van der Waals surface area contributed by atoms with Gasteiger partial charge in [0.1, 0.15) is 5.75 Å². The van der Waals surface area contributed by atoms with Crippen molar-refractivity contribution in [2.45, 2.75) is 0 Å². The molecular formula is C13H12N4O3. The summed E-state index contributed by atoms with van der Waals surface area (Å²) in [6.45, 7) is 0. The van der Waals surface area contributed by atoms with Gasteiger partial charge in [-0.15, -0.1) is 0 Å². The van der Waals surface area contributed by atoms with Crippen LogP contribution in [0.3, 0.4) is 0 Å². The zero-order valence-electron chi connectivity index (χ0n) is 10.6. The quantitative estimate of drug-likeness (QED) is 0.788.